The molecule has 1 amide bonds. The largest absolute Gasteiger partial charge is 0.394 e. The minimum absolute atomic E-state index is 0.0213. The van der Waals surface area contributed by atoms with Crippen molar-refractivity contribution >= 4 is 29.0 Å². The summed E-state index contributed by atoms with van der Waals surface area (Å²) in [6.45, 7) is 7.76. The number of hydrogen-bond donors (Lipinski definition) is 4. The summed E-state index contributed by atoms with van der Waals surface area (Å²) in [5.41, 5.74) is 1.20. The molecule has 28 heavy (non-hydrogen) atoms. The predicted molar refractivity (Wildman–Crippen MR) is 109 cm³/mol. The summed E-state index contributed by atoms with van der Waals surface area (Å²) >= 11 is 0. The molecule has 1 aromatic heterocycles. The number of nitrogens with zero attached hydrogens (tertiary/aromatic N) is 2. The zero-order chi connectivity index (χ0) is 20.7. The Morgan fingerprint density at radius 1 is 1.29 bits per heavy atom. The first-order chi connectivity index (χ1) is 13.2. The van der Waals surface area contributed by atoms with Gasteiger partial charge < -0.3 is 21.1 Å². The summed E-state index contributed by atoms with van der Waals surface area (Å²) in [5, 5.41) is 18.0. The van der Waals surface area contributed by atoms with E-state index in [0.29, 0.717) is 24.2 Å². The molecule has 1 heterocycles. The summed E-state index contributed by atoms with van der Waals surface area (Å²) in [6, 6.07) is 6.83. The summed E-state index contributed by atoms with van der Waals surface area (Å²) in [7, 11) is 0. The van der Waals surface area contributed by atoms with Crippen LogP contribution < -0.4 is 16.0 Å². The van der Waals surface area contributed by atoms with Gasteiger partial charge in [0.25, 0.3) is 0 Å². The Hall–Kier alpha value is -2.74. The third-order valence-electron chi connectivity index (χ3n) is 3.89. The van der Waals surface area contributed by atoms with Crippen LogP contribution in [0.3, 0.4) is 0 Å². The number of rotatable bonds is 8. The topological polar surface area (TPSA) is 99.2 Å². The molecule has 4 N–H and O–H groups in total. The molecule has 1 atom stereocenters. The standard InChI is InChI=1S/C20H28FN5O2/c1-5-13(12-27)24-18-16(21)11-22-19(26-18)25-15-8-6-7-14(9-15)23-17(28)10-20(2,3)4/h6-9,11,13,27H,5,10,12H2,1-4H3,(H,23,28)(H2,22,24,25,26)/t13-/m0/s1. The summed E-state index contributed by atoms with van der Waals surface area (Å²) < 4.78 is 13.9. The van der Waals surface area contributed by atoms with Crippen LogP contribution in [-0.2, 0) is 4.79 Å². The third kappa shape index (κ3) is 6.77. The van der Waals surface area contributed by atoms with Crippen LogP contribution in [0.25, 0.3) is 0 Å². The molecule has 0 bridgehead atoms. The fourth-order valence-corrected chi connectivity index (χ4v) is 2.49. The van der Waals surface area contributed by atoms with Crippen LogP contribution in [0, 0.1) is 11.2 Å². The van der Waals surface area contributed by atoms with Crippen molar-refractivity contribution in [3.05, 3.63) is 36.3 Å². The van der Waals surface area contributed by atoms with Crippen molar-refractivity contribution in [3.8, 4) is 0 Å². The van der Waals surface area contributed by atoms with E-state index in [1.807, 2.05) is 27.7 Å². The van der Waals surface area contributed by atoms with E-state index in [4.69, 9.17) is 0 Å². The summed E-state index contributed by atoms with van der Waals surface area (Å²) in [6.07, 6.45) is 2.10. The second-order valence-corrected chi connectivity index (χ2v) is 7.81. The van der Waals surface area contributed by atoms with Gasteiger partial charge in [0.1, 0.15) is 0 Å². The number of benzene rings is 1. The lowest BCUT2D eigenvalue weighted by molar-refractivity contribution is -0.117. The van der Waals surface area contributed by atoms with Crippen LogP contribution >= 0.6 is 0 Å². The Kier molecular flexibility index (Phi) is 7.28. The molecule has 0 spiro atoms. The fraction of sp³-hybridized carbons (Fsp3) is 0.450. The van der Waals surface area contributed by atoms with Gasteiger partial charge in [-0.25, -0.2) is 9.37 Å². The number of carbonyl (C=O) groups excluding carboxylic acids is 1. The van der Waals surface area contributed by atoms with E-state index in [0.717, 1.165) is 6.20 Å². The highest BCUT2D eigenvalue weighted by Crippen LogP contribution is 2.22. The van der Waals surface area contributed by atoms with Crippen LogP contribution in [0.4, 0.5) is 27.5 Å². The van der Waals surface area contributed by atoms with Crippen LogP contribution in [0.5, 0.6) is 0 Å². The van der Waals surface area contributed by atoms with Crippen molar-refractivity contribution in [1.29, 1.82) is 0 Å². The highest BCUT2D eigenvalue weighted by atomic mass is 19.1. The Bertz CT molecular complexity index is 803. The zero-order valence-corrected chi connectivity index (χ0v) is 16.7. The number of hydrogen-bond acceptors (Lipinski definition) is 6. The number of nitrogens with one attached hydrogen (secondary N) is 3. The lowest BCUT2D eigenvalue weighted by atomic mass is 9.92. The molecule has 0 radical (unpaired) electrons. The number of halogens is 1. The van der Waals surface area contributed by atoms with E-state index in [1.165, 1.54) is 0 Å². The van der Waals surface area contributed by atoms with Gasteiger partial charge in [-0.05, 0) is 30.0 Å². The Labute approximate surface area is 164 Å². The molecule has 8 heteroatoms. The van der Waals surface area contributed by atoms with Gasteiger partial charge in [0.2, 0.25) is 11.9 Å². The Morgan fingerprint density at radius 2 is 2.00 bits per heavy atom. The molecule has 0 saturated carbocycles. The SMILES string of the molecule is CC[C@@H](CO)Nc1nc(Nc2cccc(NC(=O)CC(C)(C)C)c2)ncc1F. The number of aromatic nitrogens is 2. The zero-order valence-electron chi connectivity index (χ0n) is 16.7. The minimum Gasteiger partial charge on any atom is -0.394 e. The lowest BCUT2D eigenvalue weighted by Gasteiger charge is -2.17. The number of aliphatic hydroxyl groups is 1. The molecule has 0 aliphatic carbocycles. The van der Waals surface area contributed by atoms with Gasteiger partial charge in [-0.15, -0.1) is 0 Å². The van der Waals surface area contributed by atoms with Crippen LogP contribution in [0.1, 0.15) is 40.5 Å². The highest BCUT2D eigenvalue weighted by Gasteiger charge is 2.16. The van der Waals surface area contributed by atoms with Gasteiger partial charge in [-0.3, -0.25) is 4.79 Å². The van der Waals surface area contributed by atoms with Crippen molar-refractivity contribution in [2.75, 3.05) is 22.6 Å². The van der Waals surface area contributed by atoms with Gasteiger partial charge in [-0.1, -0.05) is 33.8 Å². The molecule has 0 aliphatic heterocycles. The van der Waals surface area contributed by atoms with Crippen molar-refractivity contribution < 1.29 is 14.3 Å². The second-order valence-electron chi connectivity index (χ2n) is 7.81. The lowest BCUT2D eigenvalue weighted by Crippen LogP contribution is -2.24. The van der Waals surface area contributed by atoms with Crippen LogP contribution in [-0.4, -0.2) is 33.6 Å². The van der Waals surface area contributed by atoms with Gasteiger partial charge in [0.05, 0.1) is 18.8 Å². The quantitative estimate of drug-likeness (QED) is 0.546. The first-order valence-electron chi connectivity index (χ1n) is 9.27. The smallest absolute Gasteiger partial charge is 0.229 e. The molecule has 2 aromatic rings. The van der Waals surface area contributed by atoms with Crippen molar-refractivity contribution in [1.82, 2.24) is 9.97 Å². The maximum Gasteiger partial charge on any atom is 0.229 e. The fourth-order valence-electron chi connectivity index (χ4n) is 2.49. The average molecular weight is 389 g/mol. The highest BCUT2D eigenvalue weighted by molar-refractivity contribution is 5.91. The normalized spacial score (nSPS) is 12.4. The molecule has 1 aromatic carbocycles. The molecule has 152 valence electrons. The number of carbonyl (C=O) groups is 1. The van der Waals surface area contributed by atoms with Gasteiger partial charge >= 0.3 is 0 Å². The van der Waals surface area contributed by atoms with E-state index in [9.17, 15) is 14.3 Å². The van der Waals surface area contributed by atoms with Gasteiger partial charge in [-0.2, -0.15) is 4.98 Å². The van der Waals surface area contributed by atoms with E-state index < -0.39 is 5.82 Å². The molecular formula is C20H28FN5O2. The summed E-state index contributed by atoms with van der Waals surface area (Å²) in [4.78, 5) is 20.2. The van der Waals surface area contributed by atoms with Crippen LogP contribution in [0.15, 0.2) is 30.5 Å². The van der Waals surface area contributed by atoms with E-state index in [2.05, 4.69) is 25.9 Å². The van der Waals surface area contributed by atoms with E-state index >= 15 is 0 Å². The maximum absolute atomic E-state index is 13.9. The second kappa shape index (κ2) is 9.45. The average Bonchev–Trinajstić information content (AvgIpc) is 2.60. The number of aliphatic hydroxyl groups excluding tert-OH is 1. The van der Waals surface area contributed by atoms with Gasteiger partial charge in [0.15, 0.2) is 11.6 Å². The van der Waals surface area contributed by atoms with Crippen molar-refractivity contribution in [2.45, 2.75) is 46.6 Å². The molecule has 7 nitrogen and oxygen atoms in total. The van der Waals surface area contributed by atoms with Crippen molar-refractivity contribution in [3.63, 3.8) is 0 Å². The number of anilines is 4. The molecule has 0 saturated heterocycles. The van der Waals surface area contributed by atoms with Crippen LogP contribution in [0.2, 0.25) is 0 Å². The van der Waals surface area contributed by atoms with Gasteiger partial charge in [0, 0.05) is 17.8 Å². The molecule has 0 unspecified atom stereocenters. The summed E-state index contributed by atoms with van der Waals surface area (Å²) in [5.74, 6) is -0.438. The minimum atomic E-state index is -0.597. The molecule has 2 rings (SSSR count). The Balaban J connectivity index is 2.10. The first-order valence-corrected chi connectivity index (χ1v) is 9.27. The van der Waals surface area contributed by atoms with Crippen molar-refractivity contribution in [2.24, 2.45) is 5.41 Å². The Morgan fingerprint density at radius 3 is 2.64 bits per heavy atom. The van der Waals surface area contributed by atoms with E-state index in [1.54, 1.807) is 24.3 Å². The monoisotopic (exact) mass is 389 g/mol. The van der Waals surface area contributed by atoms with E-state index in [-0.39, 0.29) is 35.7 Å². The third-order valence-corrected chi connectivity index (χ3v) is 3.89. The molecular weight excluding hydrogens is 361 g/mol. The first kappa shape index (κ1) is 21.6. The predicted octanol–water partition coefficient (Wildman–Crippen LogP) is 3.92. The maximum atomic E-state index is 13.9. The molecule has 0 aliphatic rings. The molecule has 0 fully saturated rings. The number of amides is 1.